The van der Waals surface area contributed by atoms with Crippen LogP contribution in [0.5, 0.6) is 5.75 Å². The molecule has 3 unspecified atom stereocenters. The molecule has 2 aromatic carbocycles. The van der Waals surface area contributed by atoms with Crippen LogP contribution in [-0.2, 0) is 26.3 Å². The number of halogens is 4. The van der Waals surface area contributed by atoms with Gasteiger partial charge in [-0.25, -0.2) is 13.5 Å². The van der Waals surface area contributed by atoms with E-state index in [2.05, 4.69) is 10.4 Å². The molecule has 0 aliphatic heterocycles. The van der Waals surface area contributed by atoms with Gasteiger partial charge in [-0.15, -0.1) is 0 Å². The normalized spacial score (nSPS) is 13.9. The lowest BCUT2D eigenvalue weighted by molar-refractivity contribution is -0.156. The summed E-state index contributed by atoms with van der Waals surface area (Å²) in [5.74, 6) is -11.2. The minimum Gasteiger partial charge on any atom is -0.485 e. The summed E-state index contributed by atoms with van der Waals surface area (Å²) in [6.07, 6.45) is -0.906. The van der Waals surface area contributed by atoms with Crippen molar-refractivity contribution < 1.29 is 41.7 Å². The van der Waals surface area contributed by atoms with Crippen LogP contribution in [-0.4, -0.2) is 51.1 Å². The summed E-state index contributed by atoms with van der Waals surface area (Å²) >= 11 is 0. The fourth-order valence-electron chi connectivity index (χ4n) is 5.03. The van der Waals surface area contributed by atoms with E-state index in [9.17, 15) is 37.1 Å². The number of carbonyl (C=O) groups is 2. The predicted molar refractivity (Wildman–Crippen MR) is 166 cm³/mol. The first-order valence-electron chi connectivity index (χ1n) is 15.1. The standard InChI is InChI=1S/C34H41F4N3O6/c1-8-20(21-13-14-39-41(32(21)45)17-19-11-9-10-12-22(19)33(2,3)4)31(44)40-25(16-27(43)47-34(5,6)7)26(42)18-46-30-28(37)23(35)15-24(36)29(30)38/h9-15,20,25-26,42H,8,16-18H2,1-7H3,(H,40,44). The van der Waals surface area contributed by atoms with Gasteiger partial charge >= 0.3 is 5.97 Å². The fraction of sp³-hybridized carbons (Fsp3) is 0.471. The highest BCUT2D eigenvalue weighted by Gasteiger charge is 2.32. The first-order chi connectivity index (χ1) is 21.8. The number of aliphatic hydroxyl groups excluding tert-OH is 1. The number of esters is 1. The summed E-state index contributed by atoms with van der Waals surface area (Å²) in [5, 5.41) is 17.6. The lowest BCUT2D eigenvalue weighted by Gasteiger charge is -2.27. The van der Waals surface area contributed by atoms with Crippen LogP contribution >= 0.6 is 0 Å². The number of aliphatic hydroxyl groups is 1. The minimum absolute atomic E-state index is 0.000792. The van der Waals surface area contributed by atoms with Crippen LogP contribution in [0.15, 0.2) is 47.4 Å². The van der Waals surface area contributed by atoms with Crippen molar-refractivity contribution in [3.05, 3.63) is 92.9 Å². The molecule has 9 nitrogen and oxygen atoms in total. The zero-order valence-electron chi connectivity index (χ0n) is 27.5. The number of nitrogens with one attached hydrogen (secondary N) is 1. The van der Waals surface area contributed by atoms with Crippen LogP contribution in [0, 0.1) is 23.3 Å². The molecular formula is C34H41F4N3O6. The highest BCUT2D eigenvalue weighted by atomic mass is 19.2. The minimum atomic E-state index is -1.83. The molecule has 2 N–H and O–H groups in total. The Morgan fingerprint density at radius 2 is 1.62 bits per heavy atom. The maximum Gasteiger partial charge on any atom is 0.308 e. The average Bonchev–Trinajstić information content (AvgIpc) is 2.96. The molecule has 0 radical (unpaired) electrons. The molecule has 3 atom stereocenters. The number of aromatic nitrogens is 2. The molecule has 3 aromatic rings. The van der Waals surface area contributed by atoms with E-state index in [1.165, 1.54) is 16.9 Å². The molecule has 1 heterocycles. The van der Waals surface area contributed by atoms with E-state index in [0.717, 1.165) is 11.1 Å². The van der Waals surface area contributed by atoms with Crippen molar-refractivity contribution in [2.75, 3.05) is 6.61 Å². The number of amides is 1. The molecular weight excluding hydrogens is 622 g/mol. The summed E-state index contributed by atoms with van der Waals surface area (Å²) in [6.45, 7) is 11.8. The van der Waals surface area contributed by atoms with Gasteiger partial charge in [-0.05, 0) is 49.8 Å². The highest BCUT2D eigenvalue weighted by Crippen LogP contribution is 2.28. The number of rotatable bonds is 12. The largest absolute Gasteiger partial charge is 0.485 e. The second-order valence-corrected chi connectivity index (χ2v) is 13.2. The molecule has 0 fully saturated rings. The number of nitrogens with zero attached hydrogens (tertiary/aromatic N) is 2. The van der Waals surface area contributed by atoms with Gasteiger partial charge in [0.1, 0.15) is 18.3 Å². The Morgan fingerprint density at radius 3 is 2.19 bits per heavy atom. The SMILES string of the molecule is CCC(C(=O)NC(CC(=O)OC(C)(C)C)C(O)COc1c(F)c(F)cc(F)c1F)c1ccnn(Cc2ccccc2C(C)(C)C)c1=O. The van der Waals surface area contributed by atoms with Crippen molar-refractivity contribution in [3.8, 4) is 5.75 Å². The van der Waals surface area contributed by atoms with Gasteiger partial charge < -0.3 is 19.9 Å². The van der Waals surface area contributed by atoms with Crippen LogP contribution in [0.2, 0.25) is 0 Å². The van der Waals surface area contributed by atoms with Gasteiger partial charge in [-0.1, -0.05) is 52.0 Å². The van der Waals surface area contributed by atoms with Gasteiger partial charge in [0.15, 0.2) is 17.4 Å². The maximum atomic E-state index is 14.2. The fourth-order valence-corrected chi connectivity index (χ4v) is 5.03. The van der Waals surface area contributed by atoms with Gasteiger partial charge in [-0.3, -0.25) is 14.4 Å². The highest BCUT2D eigenvalue weighted by molar-refractivity contribution is 5.84. The van der Waals surface area contributed by atoms with Gasteiger partial charge in [0, 0.05) is 17.8 Å². The third-order valence-corrected chi connectivity index (χ3v) is 7.26. The topological polar surface area (TPSA) is 120 Å². The maximum absolute atomic E-state index is 14.2. The Morgan fingerprint density at radius 1 is 1.00 bits per heavy atom. The van der Waals surface area contributed by atoms with E-state index in [4.69, 9.17) is 9.47 Å². The van der Waals surface area contributed by atoms with E-state index in [-0.39, 0.29) is 30.0 Å². The van der Waals surface area contributed by atoms with E-state index in [1.54, 1.807) is 27.7 Å². The second kappa shape index (κ2) is 15.1. The number of carbonyl (C=O) groups excluding carboxylic acids is 2. The van der Waals surface area contributed by atoms with Gasteiger partial charge in [0.25, 0.3) is 5.56 Å². The Labute approximate surface area is 270 Å². The third-order valence-electron chi connectivity index (χ3n) is 7.26. The average molecular weight is 664 g/mol. The van der Waals surface area contributed by atoms with Crippen LogP contribution in [0.25, 0.3) is 0 Å². The number of ether oxygens (including phenoxy) is 2. The zero-order valence-corrected chi connectivity index (χ0v) is 27.5. The zero-order chi connectivity index (χ0) is 35.3. The van der Waals surface area contributed by atoms with Gasteiger partial charge in [0.2, 0.25) is 17.5 Å². The lowest BCUT2D eigenvalue weighted by Crippen LogP contribution is -2.49. The Hall–Kier alpha value is -4.26. The molecule has 1 aromatic heterocycles. The lowest BCUT2D eigenvalue weighted by atomic mass is 9.84. The Kier molecular flexibility index (Phi) is 11.9. The molecule has 13 heteroatoms. The Balaban J connectivity index is 1.89. The van der Waals surface area contributed by atoms with Crippen LogP contribution in [0.3, 0.4) is 0 Å². The molecule has 0 aliphatic rings. The molecule has 47 heavy (non-hydrogen) atoms. The molecule has 3 rings (SSSR count). The van der Waals surface area contributed by atoms with E-state index < -0.39 is 83.1 Å². The van der Waals surface area contributed by atoms with Crippen molar-refractivity contribution in [2.45, 2.75) is 96.9 Å². The Bertz CT molecular complexity index is 1620. The van der Waals surface area contributed by atoms with Crippen LogP contribution in [0.1, 0.15) is 83.9 Å². The number of hydrogen-bond acceptors (Lipinski definition) is 7. The van der Waals surface area contributed by atoms with Crippen molar-refractivity contribution in [3.63, 3.8) is 0 Å². The summed E-state index contributed by atoms with van der Waals surface area (Å²) in [7, 11) is 0. The summed E-state index contributed by atoms with van der Waals surface area (Å²) in [5.41, 5.74) is 0.330. The molecule has 0 aliphatic carbocycles. The van der Waals surface area contributed by atoms with Crippen molar-refractivity contribution in [2.24, 2.45) is 0 Å². The molecule has 0 bridgehead atoms. The molecule has 0 saturated heterocycles. The quantitative estimate of drug-likeness (QED) is 0.154. The van der Waals surface area contributed by atoms with Gasteiger partial charge in [0.05, 0.1) is 24.9 Å². The first kappa shape index (κ1) is 37.2. The molecule has 1 amide bonds. The van der Waals surface area contributed by atoms with Crippen LogP contribution < -0.4 is 15.6 Å². The van der Waals surface area contributed by atoms with E-state index in [0.29, 0.717) is 0 Å². The van der Waals surface area contributed by atoms with Crippen molar-refractivity contribution in [1.82, 2.24) is 15.1 Å². The van der Waals surface area contributed by atoms with Crippen LogP contribution in [0.4, 0.5) is 17.6 Å². The molecule has 0 spiro atoms. The van der Waals surface area contributed by atoms with Crippen molar-refractivity contribution in [1.29, 1.82) is 0 Å². The monoisotopic (exact) mass is 663 g/mol. The third kappa shape index (κ3) is 9.63. The van der Waals surface area contributed by atoms with E-state index >= 15 is 0 Å². The van der Waals surface area contributed by atoms with Gasteiger partial charge in [-0.2, -0.15) is 13.9 Å². The molecule has 0 saturated carbocycles. The predicted octanol–water partition coefficient (Wildman–Crippen LogP) is 5.30. The summed E-state index contributed by atoms with van der Waals surface area (Å²) < 4.78 is 67.1. The second-order valence-electron chi connectivity index (χ2n) is 13.2. The van der Waals surface area contributed by atoms with E-state index in [1.807, 2.05) is 45.0 Å². The van der Waals surface area contributed by atoms with Crippen molar-refractivity contribution >= 4 is 11.9 Å². The summed E-state index contributed by atoms with van der Waals surface area (Å²) in [4.78, 5) is 39.9. The summed E-state index contributed by atoms with van der Waals surface area (Å²) in [6, 6.07) is 7.58. The number of benzene rings is 2. The number of hydrogen-bond donors (Lipinski definition) is 2. The smallest absolute Gasteiger partial charge is 0.308 e. The first-order valence-corrected chi connectivity index (χ1v) is 15.1. The molecule has 256 valence electrons.